The number of hydrogen-bond donors (Lipinski definition) is 1. The standard InChI is InChI=1S/C17H31N3/c1-12(16(2,3)4)10-13-11-15-18-9-8-14(17(5,6)7)20(15)19-13/h11-12,14,18H,8-10H2,1-7H3. The van der Waals surface area contributed by atoms with Crippen molar-refractivity contribution in [3.8, 4) is 0 Å². The number of aromatic nitrogens is 2. The molecule has 0 radical (unpaired) electrons. The molecule has 114 valence electrons. The van der Waals surface area contributed by atoms with Crippen LogP contribution in [-0.4, -0.2) is 16.3 Å². The van der Waals surface area contributed by atoms with Crippen LogP contribution in [-0.2, 0) is 6.42 Å². The molecule has 0 amide bonds. The van der Waals surface area contributed by atoms with Gasteiger partial charge >= 0.3 is 0 Å². The largest absolute Gasteiger partial charge is 0.370 e. The molecule has 2 rings (SSSR count). The lowest BCUT2D eigenvalue weighted by Crippen LogP contribution is -2.32. The normalized spacial score (nSPS) is 21.2. The number of nitrogens with one attached hydrogen (secondary N) is 1. The van der Waals surface area contributed by atoms with Gasteiger partial charge in [0, 0.05) is 12.6 Å². The van der Waals surface area contributed by atoms with Crippen LogP contribution in [0, 0.1) is 16.7 Å². The van der Waals surface area contributed by atoms with Gasteiger partial charge in [-0.15, -0.1) is 0 Å². The average Bonchev–Trinajstić information content (AvgIpc) is 2.67. The highest BCUT2D eigenvalue weighted by molar-refractivity contribution is 5.39. The SMILES string of the molecule is CC(Cc1cc2n(n1)C(C(C)(C)C)CCN2)C(C)(C)C. The van der Waals surface area contributed by atoms with Crippen LogP contribution in [0.3, 0.4) is 0 Å². The molecule has 2 unspecified atom stereocenters. The maximum Gasteiger partial charge on any atom is 0.124 e. The lowest BCUT2D eigenvalue weighted by Gasteiger charge is -2.35. The predicted molar refractivity (Wildman–Crippen MR) is 86.1 cm³/mol. The summed E-state index contributed by atoms with van der Waals surface area (Å²) in [6.07, 6.45) is 2.22. The average molecular weight is 277 g/mol. The minimum Gasteiger partial charge on any atom is -0.370 e. The zero-order chi connectivity index (χ0) is 15.1. The minimum atomic E-state index is 0.260. The van der Waals surface area contributed by atoms with Crippen LogP contribution in [0.4, 0.5) is 5.82 Å². The number of nitrogens with zero attached hydrogens (tertiary/aromatic N) is 2. The van der Waals surface area contributed by atoms with Gasteiger partial charge in [-0.25, -0.2) is 4.68 Å². The Morgan fingerprint density at radius 1 is 1.30 bits per heavy atom. The third-order valence-corrected chi connectivity index (χ3v) is 4.80. The van der Waals surface area contributed by atoms with Crippen molar-refractivity contribution in [3.05, 3.63) is 11.8 Å². The monoisotopic (exact) mass is 277 g/mol. The molecule has 0 fully saturated rings. The van der Waals surface area contributed by atoms with E-state index in [1.807, 2.05) is 0 Å². The molecule has 0 saturated carbocycles. The van der Waals surface area contributed by atoms with Gasteiger partial charge in [0.25, 0.3) is 0 Å². The molecule has 20 heavy (non-hydrogen) atoms. The number of fused-ring (bicyclic) bond motifs is 1. The van der Waals surface area contributed by atoms with Crippen molar-refractivity contribution in [3.63, 3.8) is 0 Å². The summed E-state index contributed by atoms with van der Waals surface area (Å²) in [4.78, 5) is 0. The van der Waals surface area contributed by atoms with E-state index in [-0.39, 0.29) is 5.41 Å². The first-order valence-corrected chi connectivity index (χ1v) is 7.91. The van der Waals surface area contributed by atoms with Gasteiger partial charge in [-0.3, -0.25) is 0 Å². The molecule has 2 atom stereocenters. The summed E-state index contributed by atoms with van der Waals surface area (Å²) in [5, 5.41) is 8.40. The van der Waals surface area contributed by atoms with Crippen molar-refractivity contribution in [2.75, 3.05) is 11.9 Å². The molecule has 0 saturated heterocycles. The highest BCUT2D eigenvalue weighted by Crippen LogP contribution is 2.38. The Labute approximate surface area is 124 Å². The van der Waals surface area contributed by atoms with Crippen LogP contribution in [0.15, 0.2) is 6.07 Å². The second kappa shape index (κ2) is 5.09. The van der Waals surface area contributed by atoms with Crippen LogP contribution >= 0.6 is 0 Å². The Hall–Kier alpha value is -0.990. The summed E-state index contributed by atoms with van der Waals surface area (Å²) in [5.41, 5.74) is 1.82. The second-order valence-electron chi connectivity index (χ2n) is 8.53. The summed E-state index contributed by atoms with van der Waals surface area (Å²) in [5.74, 6) is 1.83. The van der Waals surface area contributed by atoms with Gasteiger partial charge in [-0.1, -0.05) is 48.5 Å². The molecule has 0 spiro atoms. The highest BCUT2D eigenvalue weighted by Gasteiger charge is 2.32. The van der Waals surface area contributed by atoms with Crippen molar-refractivity contribution in [1.82, 2.24) is 9.78 Å². The first kappa shape index (κ1) is 15.4. The second-order valence-corrected chi connectivity index (χ2v) is 8.53. The van der Waals surface area contributed by atoms with Gasteiger partial charge in [-0.2, -0.15) is 5.10 Å². The molecule has 0 aliphatic carbocycles. The molecule has 3 heteroatoms. The molecule has 1 aromatic rings. The van der Waals surface area contributed by atoms with Gasteiger partial charge in [0.1, 0.15) is 5.82 Å². The fourth-order valence-electron chi connectivity index (χ4n) is 2.79. The third kappa shape index (κ3) is 3.18. The topological polar surface area (TPSA) is 29.9 Å². The predicted octanol–water partition coefficient (Wildman–Crippen LogP) is 4.51. The molecule has 1 aliphatic heterocycles. The van der Waals surface area contributed by atoms with E-state index in [1.165, 1.54) is 11.5 Å². The van der Waals surface area contributed by atoms with E-state index in [0.29, 0.717) is 17.4 Å². The first-order valence-electron chi connectivity index (χ1n) is 7.91. The number of hydrogen-bond acceptors (Lipinski definition) is 2. The first-order chi connectivity index (χ1) is 9.09. The van der Waals surface area contributed by atoms with Gasteiger partial charge in [0.2, 0.25) is 0 Å². The lowest BCUT2D eigenvalue weighted by molar-refractivity contribution is 0.208. The molecular weight excluding hydrogens is 246 g/mol. The van der Waals surface area contributed by atoms with Crippen molar-refractivity contribution in [1.29, 1.82) is 0 Å². The summed E-state index contributed by atoms with van der Waals surface area (Å²) >= 11 is 0. The van der Waals surface area contributed by atoms with Crippen LogP contribution in [0.1, 0.15) is 66.6 Å². The molecular formula is C17H31N3. The number of rotatable bonds is 2. The van der Waals surface area contributed by atoms with E-state index in [9.17, 15) is 0 Å². The molecule has 1 aliphatic rings. The Bertz CT molecular complexity index is 460. The van der Waals surface area contributed by atoms with E-state index in [4.69, 9.17) is 5.10 Å². The maximum absolute atomic E-state index is 4.91. The van der Waals surface area contributed by atoms with Gasteiger partial charge < -0.3 is 5.32 Å². The molecule has 1 aromatic heterocycles. The molecule has 1 N–H and O–H groups in total. The molecule has 0 bridgehead atoms. The molecule has 0 aromatic carbocycles. The van der Waals surface area contributed by atoms with E-state index in [2.05, 4.69) is 64.5 Å². The van der Waals surface area contributed by atoms with Gasteiger partial charge in [0.15, 0.2) is 0 Å². The maximum atomic E-state index is 4.91. The fourth-order valence-corrected chi connectivity index (χ4v) is 2.79. The third-order valence-electron chi connectivity index (χ3n) is 4.80. The smallest absolute Gasteiger partial charge is 0.124 e. The lowest BCUT2D eigenvalue weighted by atomic mass is 9.79. The van der Waals surface area contributed by atoms with Gasteiger partial charge in [0.05, 0.1) is 11.7 Å². The van der Waals surface area contributed by atoms with Crippen LogP contribution in [0.25, 0.3) is 0 Å². The van der Waals surface area contributed by atoms with E-state index >= 15 is 0 Å². The zero-order valence-electron chi connectivity index (χ0n) is 14.2. The Balaban J connectivity index is 2.22. The summed E-state index contributed by atoms with van der Waals surface area (Å²) < 4.78 is 2.23. The zero-order valence-corrected chi connectivity index (χ0v) is 14.2. The Morgan fingerprint density at radius 2 is 1.95 bits per heavy atom. The Morgan fingerprint density at radius 3 is 2.50 bits per heavy atom. The minimum absolute atomic E-state index is 0.260. The van der Waals surface area contributed by atoms with E-state index in [0.717, 1.165) is 19.4 Å². The van der Waals surface area contributed by atoms with Gasteiger partial charge in [-0.05, 0) is 29.6 Å². The van der Waals surface area contributed by atoms with Crippen LogP contribution < -0.4 is 5.32 Å². The summed E-state index contributed by atoms with van der Waals surface area (Å²) in [6, 6.07) is 2.75. The van der Waals surface area contributed by atoms with Crippen molar-refractivity contribution < 1.29 is 0 Å². The Kier molecular flexibility index (Phi) is 3.92. The van der Waals surface area contributed by atoms with Crippen LogP contribution in [0.5, 0.6) is 0 Å². The van der Waals surface area contributed by atoms with Crippen molar-refractivity contribution >= 4 is 5.82 Å². The highest BCUT2D eigenvalue weighted by atomic mass is 15.4. The van der Waals surface area contributed by atoms with Crippen molar-refractivity contribution in [2.24, 2.45) is 16.7 Å². The fraction of sp³-hybridized carbons (Fsp3) is 0.824. The quantitative estimate of drug-likeness (QED) is 0.862. The van der Waals surface area contributed by atoms with E-state index in [1.54, 1.807) is 0 Å². The summed E-state index contributed by atoms with van der Waals surface area (Å²) in [7, 11) is 0. The van der Waals surface area contributed by atoms with Crippen molar-refractivity contribution in [2.45, 2.75) is 67.3 Å². The van der Waals surface area contributed by atoms with E-state index < -0.39 is 0 Å². The molecule has 2 heterocycles. The number of anilines is 1. The molecule has 3 nitrogen and oxygen atoms in total. The summed E-state index contributed by atoms with van der Waals surface area (Å²) in [6.45, 7) is 17.2. The van der Waals surface area contributed by atoms with Crippen LogP contribution in [0.2, 0.25) is 0 Å².